The summed E-state index contributed by atoms with van der Waals surface area (Å²) < 4.78 is 10.9. The van der Waals surface area contributed by atoms with Crippen LogP contribution in [0.4, 0.5) is 0 Å². The molecule has 1 heterocycles. The maximum atomic E-state index is 10.1. The molecule has 0 bridgehead atoms. The van der Waals surface area contributed by atoms with Crippen molar-refractivity contribution in [3.05, 3.63) is 11.1 Å². The minimum atomic E-state index is -1.43. The monoisotopic (exact) mass is 274 g/mol. The summed E-state index contributed by atoms with van der Waals surface area (Å²) in [6.45, 7) is 2.03. The first-order chi connectivity index (χ1) is 9.01. The zero-order valence-corrected chi connectivity index (χ0v) is 11.2. The largest absolute Gasteiger partial charge is 0.387 e. The molecule has 19 heavy (non-hydrogen) atoms. The number of rotatable bonds is 3. The van der Waals surface area contributed by atoms with Crippen LogP contribution < -0.4 is 0 Å². The SMILES string of the molecule is CCCC1CC2=C(C(OC)O1)C(O)C(O)C(O)C2O. The van der Waals surface area contributed by atoms with Crippen molar-refractivity contribution in [3.8, 4) is 0 Å². The second-order valence-electron chi connectivity index (χ2n) is 5.17. The van der Waals surface area contributed by atoms with Gasteiger partial charge < -0.3 is 29.9 Å². The Kier molecular flexibility index (Phi) is 4.60. The van der Waals surface area contributed by atoms with Crippen molar-refractivity contribution in [1.82, 2.24) is 0 Å². The van der Waals surface area contributed by atoms with E-state index in [1.165, 1.54) is 7.11 Å². The van der Waals surface area contributed by atoms with E-state index in [0.717, 1.165) is 12.8 Å². The third kappa shape index (κ3) is 2.56. The number of hydrogen-bond donors (Lipinski definition) is 4. The van der Waals surface area contributed by atoms with Crippen LogP contribution in [0.5, 0.6) is 0 Å². The van der Waals surface area contributed by atoms with Gasteiger partial charge in [-0.25, -0.2) is 0 Å². The second kappa shape index (κ2) is 5.87. The maximum Gasteiger partial charge on any atom is 0.182 e. The minimum Gasteiger partial charge on any atom is -0.387 e. The molecule has 110 valence electrons. The first kappa shape index (κ1) is 14.9. The predicted molar refractivity (Wildman–Crippen MR) is 66.2 cm³/mol. The third-order valence-electron chi connectivity index (χ3n) is 3.89. The van der Waals surface area contributed by atoms with E-state index in [9.17, 15) is 20.4 Å². The second-order valence-corrected chi connectivity index (χ2v) is 5.17. The first-order valence-electron chi connectivity index (χ1n) is 6.64. The van der Waals surface area contributed by atoms with Gasteiger partial charge in [0.15, 0.2) is 6.29 Å². The highest BCUT2D eigenvalue weighted by atomic mass is 16.7. The van der Waals surface area contributed by atoms with E-state index >= 15 is 0 Å². The average molecular weight is 274 g/mol. The molecule has 0 aromatic heterocycles. The van der Waals surface area contributed by atoms with Crippen LogP contribution in [0.1, 0.15) is 26.2 Å². The number of aliphatic hydroxyl groups excluding tert-OH is 4. The van der Waals surface area contributed by atoms with Crippen LogP contribution in [0.2, 0.25) is 0 Å². The van der Waals surface area contributed by atoms with Crippen molar-refractivity contribution >= 4 is 0 Å². The Labute approximate surface area is 112 Å². The van der Waals surface area contributed by atoms with Gasteiger partial charge in [-0.3, -0.25) is 0 Å². The highest BCUT2D eigenvalue weighted by Gasteiger charge is 2.47. The lowest BCUT2D eigenvalue weighted by Crippen LogP contribution is -2.55. The molecule has 0 radical (unpaired) electrons. The highest BCUT2D eigenvalue weighted by Crippen LogP contribution is 2.38. The summed E-state index contributed by atoms with van der Waals surface area (Å²) in [6.07, 6.45) is -4.01. The number of aliphatic hydroxyl groups is 4. The summed E-state index contributed by atoms with van der Waals surface area (Å²) in [7, 11) is 1.44. The molecule has 6 nitrogen and oxygen atoms in total. The average Bonchev–Trinajstić information content (AvgIpc) is 2.42. The highest BCUT2D eigenvalue weighted by molar-refractivity contribution is 5.33. The lowest BCUT2D eigenvalue weighted by atomic mass is 9.79. The fourth-order valence-corrected chi connectivity index (χ4v) is 2.87. The van der Waals surface area contributed by atoms with Crippen LogP contribution in [0.3, 0.4) is 0 Å². The molecule has 2 aliphatic rings. The summed E-state index contributed by atoms with van der Waals surface area (Å²) in [6, 6.07) is 0. The van der Waals surface area contributed by atoms with Crippen molar-refractivity contribution in [3.63, 3.8) is 0 Å². The Morgan fingerprint density at radius 3 is 2.37 bits per heavy atom. The minimum absolute atomic E-state index is 0.113. The molecule has 0 saturated carbocycles. The molecule has 0 saturated heterocycles. The van der Waals surface area contributed by atoms with Gasteiger partial charge in [0.25, 0.3) is 0 Å². The van der Waals surface area contributed by atoms with E-state index < -0.39 is 30.7 Å². The molecule has 6 unspecified atom stereocenters. The van der Waals surface area contributed by atoms with E-state index in [-0.39, 0.29) is 6.10 Å². The van der Waals surface area contributed by atoms with Crippen molar-refractivity contribution < 1.29 is 29.9 Å². The van der Waals surface area contributed by atoms with E-state index in [0.29, 0.717) is 17.6 Å². The summed E-state index contributed by atoms with van der Waals surface area (Å²) in [5, 5.41) is 39.6. The fraction of sp³-hybridized carbons (Fsp3) is 0.846. The molecule has 6 atom stereocenters. The summed E-state index contributed by atoms with van der Waals surface area (Å²) in [5.41, 5.74) is 0.877. The molecular formula is C13H22O6. The Morgan fingerprint density at radius 1 is 1.16 bits per heavy atom. The van der Waals surface area contributed by atoms with Gasteiger partial charge in [-0.15, -0.1) is 0 Å². The van der Waals surface area contributed by atoms with Gasteiger partial charge >= 0.3 is 0 Å². The molecule has 0 amide bonds. The van der Waals surface area contributed by atoms with E-state index in [2.05, 4.69) is 0 Å². The molecule has 0 aromatic carbocycles. The van der Waals surface area contributed by atoms with E-state index in [1.807, 2.05) is 6.92 Å². The lowest BCUT2D eigenvalue weighted by molar-refractivity contribution is -0.176. The zero-order chi connectivity index (χ0) is 14.2. The van der Waals surface area contributed by atoms with Gasteiger partial charge in [0, 0.05) is 12.7 Å². The van der Waals surface area contributed by atoms with Gasteiger partial charge in [0.05, 0.1) is 6.10 Å². The number of ether oxygens (including phenoxy) is 2. The van der Waals surface area contributed by atoms with Gasteiger partial charge in [0.1, 0.15) is 24.4 Å². The molecule has 2 rings (SSSR count). The van der Waals surface area contributed by atoms with Gasteiger partial charge in [0.2, 0.25) is 0 Å². The molecule has 4 N–H and O–H groups in total. The summed E-state index contributed by atoms with van der Waals surface area (Å²) in [5.74, 6) is 0. The Morgan fingerprint density at radius 2 is 1.79 bits per heavy atom. The van der Waals surface area contributed by atoms with Crippen LogP contribution >= 0.6 is 0 Å². The Hall–Kier alpha value is -0.500. The number of methoxy groups -OCH3 is 1. The van der Waals surface area contributed by atoms with Crippen LogP contribution in [0, 0.1) is 0 Å². The van der Waals surface area contributed by atoms with Gasteiger partial charge in [-0.1, -0.05) is 13.3 Å². The third-order valence-corrected chi connectivity index (χ3v) is 3.89. The van der Waals surface area contributed by atoms with Crippen LogP contribution in [-0.4, -0.2) is 64.3 Å². The molecule has 1 aliphatic carbocycles. The smallest absolute Gasteiger partial charge is 0.182 e. The van der Waals surface area contributed by atoms with Crippen LogP contribution in [0.25, 0.3) is 0 Å². The molecule has 1 aliphatic heterocycles. The molecule has 0 aromatic rings. The van der Waals surface area contributed by atoms with E-state index in [1.54, 1.807) is 0 Å². The van der Waals surface area contributed by atoms with Crippen molar-refractivity contribution in [1.29, 1.82) is 0 Å². The van der Waals surface area contributed by atoms with Crippen molar-refractivity contribution in [2.45, 2.75) is 63.0 Å². The molecule has 0 spiro atoms. The van der Waals surface area contributed by atoms with Crippen LogP contribution in [0.15, 0.2) is 11.1 Å². The molecule has 0 fully saturated rings. The normalized spacial score (nSPS) is 43.3. The Bertz CT molecular complexity index is 355. The summed E-state index contributed by atoms with van der Waals surface area (Å²) >= 11 is 0. The lowest BCUT2D eigenvalue weighted by Gasteiger charge is -2.43. The van der Waals surface area contributed by atoms with Crippen molar-refractivity contribution in [2.24, 2.45) is 0 Å². The van der Waals surface area contributed by atoms with E-state index in [4.69, 9.17) is 9.47 Å². The number of hydrogen-bond acceptors (Lipinski definition) is 6. The topological polar surface area (TPSA) is 99.4 Å². The zero-order valence-electron chi connectivity index (χ0n) is 11.2. The summed E-state index contributed by atoms with van der Waals surface area (Å²) in [4.78, 5) is 0. The molecule has 6 heteroatoms. The van der Waals surface area contributed by atoms with Gasteiger partial charge in [-0.2, -0.15) is 0 Å². The van der Waals surface area contributed by atoms with Crippen molar-refractivity contribution in [2.75, 3.05) is 7.11 Å². The van der Waals surface area contributed by atoms with Gasteiger partial charge in [-0.05, 0) is 18.4 Å². The maximum absolute atomic E-state index is 10.1. The van der Waals surface area contributed by atoms with Crippen LogP contribution in [-0.2, 0) is 9.47 Å². The standard InChI is InChI=1S/C13H22O6/c1-3-4-6-5-7-8(13(18-2)19-6)10(15)12(17)11(16)9(7)14/h6,9-17H,3-5H2,1-2H3. The quantitative estimate of drug-likeness (QED) is 0.508. The Balaban J connectivity index is 2.34. The predicted octanol–water partition coefficient (Wildman–Crippen LogP) is -0.698. The molecular weight excluding hydrogens is 252 g/mol. The first-order valence-corrected chi connectivity index (χ1v) is 6.64. The fourth-order valence-electron chi connectivity index (χ4n) is 2.87.